The van der Waals surface area contributed by atoms with Crippen LogP contribution in [0.15, 0.2) is 30.3 Å². The van der Waals surface area contributed by atoms with Gasteiger partial charge in [-0.25, -0.2) is 4.39 Å². The molecule has 2 N–H and O–H groups in total. The maximum Gasteiger partial charge on any atom is 0.453 e. The van der Waals surface area contributed by atoms with Crippen molar-refractivity contribution in [2.75, 3.05) is 28.6 Å². The van der Waals surface area contributed by atoms with Crippen LogP contribution in [-0.2, 0) is 15.8 Å². The van der Waals surface area contributed by atoms with E-state index in [4.69, 9.17) is 0 Å². The molecule has 1 aromatic carbocycles. The van der Waals surface area contributed by atoms with Gasteiger partial charge >= 0.3 is 6.18 Å². The number of piperidine rings is 1. The second-order valence-corrected chi connectivity index (χ2v) is 7.61. The number of hydrogen-bond acceptors (Lipinski definition) is 6. The predicted molar refractivity (Wildman–Crippen MR) is 110 cm³/mol. The van der Waals surface area contributed by atoms with Gasteiger partial charge in [0.1, 0.15) is 11.6 Å². The van der Waals surface area contributed by atoms with E-state index in [2.05, 4.69) is 25.9 Å². The largest absolute Gasteiger partial charge is 0.453 e. The van der Waals surface area contributed by atoms with E-state index in [0.717, 1.165) is 6.07 Å². The summed E-state index contributed by atoms with van der Waals surface area (Å²) in [7, 11) is 0. The minimum atomic E-state index is -4.69. The molecule has 0 saturated carbocycles. The van der Waals surface area contributed by atoms with E-state index in [-0.39, 0.29) is 23.1 Å². The monoisotopic (exact) mass is 465 g/mol. The van der Waals surface area contributed by atoms with Gasteiger partial charge in [0, 0.05) is 31.6 Å². The predicted octanol–water partition coefficient (Wildman–Crippen LogP) is 3.10. The number of aromatic nitrogens is 4. The topological polar surface area (TPSA) is 105 Å². The summed E-state index contributed by atoms with van der Waals surface area (Å²) in [6.45, 7) is 2.05. The minimum Gasteiger partial charge on any atom is -0.355 e. The van der Waals surface area contributed by atoms with E-state index in [1.807, 2.05) is 0 Å². The van der Waals surface area contributed by atoms with Crippen molar-refractivity contribution < 1.29 is 27.2 Å². The molecule has 3 aromatic rings. The zero-order valence-corrected chi connectivity index (χ0v) is 17.4. The number of carbonyl (C=O) groups excluding carboxylic acids is 2. The molecule has 13 heteroatoms. The van der Waals surface area contributed by atoms with Gasteiger partial charge in [-0.1, -0.05) is 0 Å². The molecular weight excluding hydrogens is 446 g/mol. The van der Waals surface area contributed by atoms with Crippen molar-refractivity contribution in [1.82, 2.24) is 19.8 Å². The Morgan fingerprint density at radius 1 is 1.06 bits per heavy atom. The summed E-state index contributed by atoms with van der Waals surface area (Å²) in [5, 5.41) is 15.7. The van der Waals surface area contributed by atoms with Crippen LogP contribution in [0.2, 0.25) is 0 Å². The van der Waals surface area contributed by atoms with Crippen LogP contribution in [-0.4, -0.2) is 44.7 Å². The van der Waals surface area contributed by atoms with Crippen molar-refractivity contribution in [3.8, 4) is 0 Å². The second-order valence-electron chi connectivity index (χ2n) is 7.61. The third kappa shape index (κ3) is 4.86. The highest BCUT2D eigenvalue weighted by Crippen LogP contribution is 2.29. The molecule has 2 aromatic heterocycles. The molecule has 33 heavy (non-hydrogen) atoms. The van der Waals surface area contributed by atoms with Gasteiger partial charge in [-0.3, -0.25) is 9.59 Å². The first-order chi connectivity index (χ1) is 15.6. The number of amides is 2. The summed E-state index contributed by atoms with van der Waals surface area (Å²) < 4.78 is 54.0. The maximum absolute atomic E-state index is 14.1. The standard InChI is InChI=1S/C20H19F4N7O2/c1-11(32)25-13-2-3-14(21)15(10-13)26-18(33)12-6-8-30(9-7-12)17-5-4-16-27-28-19(20(22,23)24)31(16)29-17/h2-5,10,12H,6-9H2,1H3,(H,25,32)(H,26,33). The van der Waals surface area contributed by atoms with Crippen molar-refractivity contribution in [2.45, 2.75) is 25.9 Å². The molecule has 4 rings (SSSR count). The van der Waals surface area contributed by atoms with Gasteiger partial charge in [-0.2, -0.15) is 17.7 Å². The molecular formula is C20H19F4N7O2. The smallest absolute Gasteiger partial charge is 0.355 e. The van der Waals surface area contributed by atoms with Gasteiger partial charge < -0.3 is 15.5 Å². The Morgan fingerprint density at radius 3 is 2.45 bits per heavy atom. The van der Waals surface area contributed by atoms with Gasteiger partial charge in [0.05, 0.1) is 5.69 Å². The number of anilines is 3. The lowest BCUT2D eigenvalue weighted by Gasteiger charge is -2.32. The Kier molecular flexibility index (Phi) is 5.87. The molecule has 0 unspecified atom stereocenters. The Balaban J connectivity index is 1.42. The first kappa shape index (κ1) is 22.4. The van der Waals surface area contributed by atoms with Crippen LogP contribution in [0.4, 0.5) is 34.8 Å². The first-order valence-electron chi connectivity index (χ1n) is 10.0. The number of benzene rings is 1. The van der Waals surface area contributed by atoms with Crippen molar-refractivity contribution in [3.05, 3.63) is 42.0 Å². The molecule has 0 spiro atoms. The van der Waals surface area contributed by atoms with Crippen LogP contribution in [0.1, 0.15) is 25.6 Å². The summed E-state index contributed by atoms with van der Waals surface area (Å²) in [6.07, 6.45) is -3.90. The van der Waals surface area contributed by atoms with Gasteiger partial charge in [0.25, 0.3) is 5.82 Å². The fourth-order valence-corrected chi connectivity index (χ4v) is 3.63. The highest BCUT2D eigenvalue weighted by molar-refractivity contribution is 5.94. The number of fused-ring (bicyclic) bond motifs is 1. The molecule has 1 aliphatic heterocycles. The van der Waals surface area contributed by atoms with Crippen LogP contribution in [0, 0.1) is 11.7 Å². The van der Waals surface area contributed by atoms with E-state index >= 15 is 0 Å². The van der Waals surface area contributed by atoms with E-state index in [9.17, 15) is 27.2 Å². The van der Waals surface area contributed by atoms with E-state index in [0.29, 0.717) is 42.0 Å². The normalized spacial score (nSPS) is 15.0. The summed E-state index contributed by atoms with van der Waals surface area (Å²) in [4.78, 5) is 25.6. The SMILES string of the molecule is CC(=O)Nc1ccc(F)c(NC(=O)C2CCN(c3ccc4nnc(C(F)(F)F)n4n3)CC2)c1. The second kappa shape index (κ2) is 8.64. The number of nitrogens with one attached hydrogen (secondary N) is 2. The Morgan fingerprint density at radius 2 is 1.79 bits per heavy atom. The number of hydrogen-bond donors (Lipinski definition) is 2. The highest BCUT2D eigenvalue weighted by Gasteiger charge is 2.38. The first-order valence-corrected chi connectivity index (χ1v) is 10.0. The molecule has 3 heterocycles. The molecule has 1 aliphatic rings. The lowest BCUT2D eigenvalue weighted by atomic mass is 9.95. The van der Waals surface area contributed by atoms with Gasteiger partial charge in [-0.15, -0.1) is 15.3 Å². The van der Waals surface area contributed by atoms with Crippen molar-refractivity contribution >= 4 is 34.7 Å². The van der Waals surface area contributed by atoms with Crippen molar-refractivity contribution in [3.63, 3.8) is 0 Å². The van der Waals surface area contributed by atoms with Crippen LogP contribution in [0.25, 0.3) is 5.65 Å². The van der Waals surface area contributed by atoms with Gasteiger partial charge in [-0.05, 0) is 43.2 Å². The number of alkyl halides is 3. The van der Waals surface area contributed by atoms with E-state index < -0.39 is 23.7 Å². The summed E-state index contributed by atoms with van der Waals surface area (Å²) >= 11 is 0. The van der Waals surface area contributed by atoms with Crippen LogP contribution in [0.3, 0.4) is 0 Å². The minimum absolute atomic E-state index is 0.0242. The lowest BCUT2D eigenvalue weighted by molar-refractivity contribution is -0.146. The van der Waals surface area contributed by atoms with Crippen molar-refractivity contribution in [2.24, 2.45) is 5.92 Å². The molecule has 0 atom stereocenters. The molecule has 1 saturated heterocycles. The molecule has 0 aliphatic carbocycles. The van der Waals surface area contributed by atoms with Gasteiger partial charge in [0.2, 0.25) is 11.8 Å². The van der Waals surface area contributed by atoms with E-state index in [1.54, 1.807) is 11.0 Å². The Hall–Kier alpha value is -3.77. The zero-order chi connectivity index (χ0) is 23.8. The summed E-state index contributed by atoms with van der Waals surface area (Å²) in [5.74, 6) is -2.67. The zero-order valence-electron chi connectivity index (χ0n) is 17.4. The summed E-state index contributed by atoms with van der Waals surface area (Å²) in [6, 6.07) is 6.81. The molecule has 0 radical (unpaired) electrons. The average molecular weight is 465 g/mol. The quantitative estimate of drug-likeness (QED) is 0.574. The third-order valence-corrected chi connectivity index (χ3v) is 5.24. The fraction of sp³-hybridized carbons (Fsp3) is 0.350. The van der Waals surface area contributed by atoms with Crippen LogP contribution in [0.5, 0.6) is 0 Å². The lowest BCUT2D eigenvalue weighted by Crippen LogP contribution is -2.39. The Bertz CT molecular complexity index is 1200. The maximum atomic E-state index is 14.1. The molecule has 9 nitrogen and oxygen atoms in total. The molecule has 174 valence electrons. The van der Waals surface area contributed by atoms with E-state index in [1.165, 1.54) is 25.1 Å². The average Bonchev–Trinajstić information content (AvgIpc) is 3.19. The highest BCUT2D eigenvalue weighted by atomic mass is 19.4. The van der Waals surface area contributed by atoms with Crippen LogP contribution >= 0.6 is 0 Å². The molecule has 0 bridgehead atoms. The number of rotatable bonds is 4. The molecule has 1 fully saturated rings. The number of carbonyl (C=O) groups is 2. The number of nitrogens with zero attached hydrogens (tertiary/aromatic N) is 5. The summed E-state index contributed by atoms with van der Waals surface area (Å²) in [5.41, 5.74) is 0.277. The van der Waals surface area contributed by atoms with Gasteiger partial charge in [0.15, 0.2) is 5.65 Å². The van der Waals surface area contributed by atoms with Crippen LogP contribution < -0.4 is 15.5 Å². The number of halogens is 4. The Labute approximate surface area is 184 Å². The third-order valence-electron chi connectivity index (χ3n) is 5.24. The molecule has 2 amide bonds. The fourth-order valence-electron chi connectivity index (χ4n) is 3.63. The van der Waals surface area contributed by atoms with Crippen molar-refractivity contribution in [1.29, 1.82) is 0 Å².